The Balaban J connectivity index is 1.74. The third kappa shape index (κ3) is 3.30. The topological polar surface area (TPSA) is 31.1 Å². The van der Waals surface area contributed by atoms with Gasteiger partial charge in [-0.2, -0.15) is 0 Å². The Labute approximate surface area is 127 Å². The van der Waals surface area contributed by atoms with Gasteiger partial charge >= 0.3 is 0 Å². The molecule has 0 bridgehead atoms. The van der Waals surface area contributed by atoms with E-state index in [1.54, 1.807) is 0 Å². The molecule has 1 atom stereocenters. The van der Waals surface area contributed by atoms with Gasteiger partial charge < -0.3 is 10.3 Å². The Hall–Kier alpha value is -1.32. The van der Waals surface area contributed by atoms with Crippen LogP contribution in [0.3, 0.4) is 0 Å². The highest BCUT2D eigenvalue weighted by Gasteiger charge is 2.17. The summed E-state index contributed by atoms with van der Waals surface area (Å²) in [6, 6.07) is 9.32. The van der Waals surface area contributed by atoms with E-state index in [2.05, 4.69) is 53.3 Å². The van der Waals surface area contributed by atoms with Crippen molar-refractivity contribution in [2.45, 2.75) is 45.7 Å². The summed E-state index contributed by atoms with van der Waals surface area (Å²) in [5, 5.41) is 5.05. The quantitative estimate of drug-likeness (QED) is 0.881. The number of aromatic nitrogens is 1. The fourth-order valence-electron chi connectivity index (χ4n) is 3.46. The average Bonchev–Trinajstić information content (AvgIpc) is 2.83. The van der Waals surface area contributed by atoms with Gasteiger partial charge in [0.05, 0.1) is 0 Å². The van der Waals surface area contributed by atoms with Crippen molar-refractivity contribution >= 4 is 10.9 Å². The molecule has 1 aliphatic heterocycles. The molecule has 0 spiro atoms. The van der Waals surface area contributed by atoms with Crippen LogP contribution >= 0.6 is 0 Å². The summed E-state index contributed by atoms with van der Waals surface area (Å²) in [4.78, 5) is 6.09. The first-order valence-electron chi connectivity index (χ1n) is 8.30. The number of aryl methyl sites for hydroxylation is 1. The highest BCUT2D eigenvalue weighted by Crippen LogP contribution is 2.23. The number of aromatic amines is 1. The van der Waals surface area contributed by atoms with Crippen molar-refractivity contribution in [3.05, 3.63) is 35.5 Å². The molecule has 2 aromatic rings. The monoisotopic (exact) mass is 285 g/mol. The van der Waals surface area contributed by atoms with Crippen molar-refractivity contribution in [2.75, 3.05) is 19.6 Å². The van der Waals surface area contributed by atoms with E-state index in [0.29, 0.717) is 6.04 Å². The van der Waals surface area contributed by atoms with Gasteiger partial charge in [0.1, 0.15) is 0 Å². The van der Waals surface area contributed by atoms with E-state index in [9.17, 15) is 0 Å². The molecule has 3 heteroatoms. The zero-order valence-electron chi connectivity index (χ0n) is 13.3. The number of nitrogens with zero attached hydrogens (tertiary/aromatic N) is 1. The molecule has 2 heterocycles. The van der Waals surface area contributed by atoms with Crippen molar-refractivity contribution in [2.24, 2.45) is 0 Å². The van der Waals surface area contributed by atoms with Crippen molar-refractivity contribution in [3.63, 3.8) is 0 Å². The first kappa shape index (κ1) is 14.6. The second-order valence-electron chi connectivity index (χ2n) is 6.25. The van der Waals surface area contributed by atoms with Crippen LogP contribution in [0.5, 0.6) is 0 Å². The number of piperidine rings is 1. The van der Waals surface area contributed by atoms with Gasteiger partial charge in [-0.05, 0) is 44.5 Å². The number of fused-ring (bicyclic) bond motifs is 1. The molecule has 0 amide bonds. The zero-order chi connectivity index (χ0) is 14.7. The first-order chi connectivity index (χ1) is 10.3. The molecule has 1 aromatic carbocycles. The lowest BCUT2D eigenvalue weighted by molar-refractivity contribution is 0.226. The molecule has 1 aromatic heterocycles. The van der Waals surface area contributed by atoms with Gasteiger partial charge in [0, 0.05) is 35.7 Å². The van der Waals surface area contributed by atoms with Gasteiger partial charge in [-0.3, -0.25) is 4.90 Å². The predicted molar refractivity (Wildman–Crippen MR) is 89.6 cm³/mol. The largest absolute Gasteiger partial charge is 0.358 e. The normalized spacial score (nSPS) is 19.5. The Morgan fingerprint density at radius 1 is 1.24 bits per heavy atom. The predicted octanol–water partition coefficient (Wildman–Crippen LogP) is 3.44. The van der Waals surface area contributed by atoms with Crippen LogP contribution in [0.25, 0.3) is 10.9 Å². The van der Waals surface area contributed by atoms with E-state index in [-0.39, 0.29) is 0 Å². The van der Waals surface area contributed by atoms with Crippen LogP contribution in [0.1, 0.15) is 37.4 Å². The van der Waals surface area contributed by atoms with Gasteiger partial charge in [0.25, 0.3) is 0 Å². The standard InChI is InChI=1S/C18H27N3/c1-3-21(12-15-8-6-7-11-19-15)13-17-14(2)20-18-10-5-4-9-16(17)18/h4-5,9-10,15,19-20H,3,6-8,11-13H2,1-2H3. The maximum atomic E-state index is 3.67. The summed E-state index contributed by atoms with van der Waals surface area (Å²) in [7, 11) is 0. The molecule has 114 valence electrons. The Bertz CT molecular complexity index is 581. The first-order valence-corrected chi connectivity index (χ1v) is 8.30. The van der Waals surface area contributed by atoms with Crippen LogP contribution in [-0.4, -0.2) is 35.6 Å². The van der Waals surface area contributed by atoms with Crippen molar-refractivity contribution in [1.29, 1.82) is 0 Å². The van der Waals surface area contributed by atoms with Gasteiger partial charge in [-0.25, -0.2) is 0 Å². The molecular formula is C18H27N3. The number of hydrogen-bond donors (Lipinski definition) is 2. The molecule has 3 nitrogen and oxygen atoms in total. The molecule has 0 aliphatic carbocycles. The molecule has 21 heavy (non-hydrogen) atoms. The number of benzene rings is 1. The van der Waals surface area contributed by atoms with E-state index in [1.165, 1.54) is 48.0 Å². The van der Waals surface area contributed by atoms with Gasteiger partial charge in [0.15, 0.2) is 0 Å². The van der Waals surface area contributed by atoms with E-state index in [4.69, 9.17) is 0 Å². The van der Waals surface area contributed by atoms with Gasteiger partial charge in [0.2, 0.25) is 0 Å². The number of H-pyrrole nitrogens is 1. The van der Waals surface area contributed by atoms with Gasteiger partial charge in [-0.15, -0.1) is 0 Å². The molecule has 1 aliphatic rings. The van der Waals surface area contributed by atoms with E-state index in [0.717, 1.165) is 19.6 Å². The SMILES string of the molecule is CCN(Cc1c(C)[nH]c2ccccc12)CC1CCCCN1. The van der Waals surface area contributed by atoms with Crippen LogP contribution < -0.4 is 5.32 Å². The summed E-state index contributed by atoms with van der Waals surface area (Å²) in [5.41, 5.74) is 4.03. The summed E-state index contributed by atoms with van der Waals surface area (Å²) in [6.45, 7) is 8.97. The maximum Gasteiger partial charge on any atom is 0.0459 e. The van der Waals surface area contributed by atoms with Crippen LogP contribution in [0, 0.1) is 6.92 Å². The van der Waals surface area contributed by atoms with Crippen LogP contribution in [0.15, 0.2) is 24.3 Å². The minimum atomic E-state index is 0.671. The van der Waals surface area contributed by atoms with Crippen LogP contribution in [0.4, 0.5) is 0 Å². The average molecular weight is 285 g/mol. The second kappa shape index (κ2) is 6.63. The van der Waals surface area contributed by atoms with E-state index < -0.39 is 0 Å². The smallest absolute Gasteiger partial charge is 0.0459 e. The summed E-state index contributed by atoms with van der Waals surface area (Å²) >= 11 is 0. The minimum absolute atomic E-state index is 0.671. The fraction of sp³-hybridized carbons (Fsp3) is 0.556. The molecule has 2 N–H and O–H groups in total. The van der Waals surface area contributed by atoms with Crippen molar-refractivity contribution < 1.29 is 0 Å². The highest BCUT2D eigenvalue weighted by molar-refractivity contribution is 5.84. The molecule has 1 unspecified atom stereocenters. The number of likely N-dealkylation sites (N-methyl/N-ethyl adjacent to an activating group) is 1. The third-order valence-corrected chi connectivity index (χ3v) is 4.75. The zero-order valence-corrected chi connectivity index (χ0v) is 13.3. The van der Waals surface area contributed by atoms with E-state index in [1.807, 2.05) is 0 Å². The van der Waals surface area contributed by atoms with Crippen molar-refractivity contribution in [3.8, 4) is 0 Å². The maximum absolute atomic E-state index is 3.67. The number of nitrogens with one attached hydrogen (secondary N) is 2. The molecule has 0 saturated carbocycles. The lowest BCUT2D eigenvalue weighted by Crippen LogP contribution is -2.43. The molecule has 0 radical (unpaired) electrons. The fourth-order valence-corrected chi connectivity index (χ4v) is 3.46. The lowest BCUT2D eigenvalue weighted by atomic mass is 10.0. The van der Waals surface area contributed by atoms with Gasteiger partial charge in [-0.1, -0.05) is 31.5 Å². The number of rotatable bonds is 5. The molecule has 1 fully saturated rings. The summed E-state index contributed by atoms with van der Waals surface area (Å²) < 4.78 is 0. The number of para-hydroxylation sites is 1. The van der Waals surface area contributed by atoms with Crippen molar-refractivity contribution in [1.82, 2.24) is 15.2 Å². The molecule has 3 rings (SSSR count). The second-order valence-corrected chi connectivity index (χ2v) is 6.25. The Morgan fingerprint density at radius 3 is 2.86 bits per heavy atom. The third-order valence-electron chi connectivity index (χ3n) is 4.75. The Kier molecular flexibility index (Phi) is 4.61. The molecular weight excluding hydrogens is 258 g/mol. The minimum Gasteiger partial charge on any atom is -0.358 e. The summed E-state index contributed by atoms with van der Waals surface area (Å²) in [5.74, 6) is 0. The number of hydrogen-bond acceptors (Lipinski definition) is 2. The summed E-state index contributed by atoms with van der Waals surface area (Å²) in [6.07, 6.45) is 4.04. The lowest BCUT2D eigenvalue weighted by Gasteiger charge is -2.30. The molecule has 1 saturated heterocycles. The highest BCUT2D eigenvalue weighted by atomic mass is 15.1. The van der Waals surface area contributed by atoms with Crippen LogP contribution in [0.2, 0.25) is 0 Å². The van der Waals surface area contributed by atoms with E-state index >= 15 is 0 Å². The Morgan fingerprint density at radius 2 is 2.10 bits per heavy atom. The van der Waals surface area contributed by atoms with Crippen LogP contribution in [-0.2, 0) is 6.54 Å².